The van der Waals surface area contributed by atoms with E-state index >= 15 is 0 Å². The van der Waals surface area contributed by atoms with Gasteiger partial charge in [-0.15, -0.1) is 11.3 Å². The number of benzene rings is 1. The third kappa shape index (κ3) is 4.46. The minimum Gasteiger partial charge on any atom is -0.480 e. The Morgan fingerprint density at radius 2 is 2.11 bits per heavy atom. The molecule has 180 valence electrons. The van der Waals surface area contributed by atoms with Crippen molar-refractivity contribution in [1.29, 1.82) is 0 Å². The van der Waals surface area contributed by atoms with Crippen molar-refractivity contribution >= 4 is 28.3 Å². The van der Waals surface area contributed by atoms with E-state index in [1.54, 1.807) is 15.9 Å². The second-order valence-electron chi connectivity index (χ2n) is 8.99. The number of thiazole rings is 1. The molecule has 2 aliphatic rings. The topological polar surface area (TPSA) is 124 Å². The van der Waals surface area contributed by atoms with E-state index in [1.807, 2.05) is 6.20 Å². The fourth-order valence-electron chi connectivity index (χ4n) is 4.44. The number of allylic oxidation sites excluding steroid dienone is 1. The predicted octanol–water partition coefficient (Wildman–Crippen LogP) is 3.81. The number of hydrogen-bond donors (Lipinski definition) is 3. The minimum absolute atomic E-state index is 0.151. The summed E-state index contributed by atoms with van der Waals surface area (Å²) in [6, 6.07) is 7.09. The molecule has 1 aliphatic heterocycles. The van der Waals surface area contributed by atoms with Crippen molar-refractivity contribution in [2.24, 2.45) is 0 Å². The molecule has 1 saturated carbocycles. The zero-order valence-electron chi connectivity index (χ0n) is 19.3. The molecular formula is C25H27N7O2S. The van der Waals surface area contributed by atoms with Crippen LogP contribution in [0.2, 0.25) is 0 Å². The van der Waals surface area contributed by atoms with Gasteiger partial charge in [-0.25, -0.2) is 4.98 Å². The highest BCUT2D eigenvalue weighted by atomic mass is 32.1. The van der Waals surface area contributed by atoms with Crippen LogP contribution in [0.5, 0.6) is 12.0 Å². The molecule has 0 unspecified atom stereocenters. The molecule has 4 bridgehead atoms. The highest BCUT2D eigenvalue weighted by Gasteiger charge is 2.19. The summed E-state index contributed by atoms with van der Waals surface area (Å²) in [6.45, 7) is 1.65. The van der Waals surface area contributed by atoms with Crippen molar-refractivity contribution < 1.29 is 9.84 Å². The fraction of sp³-hybridized carbons (Fsp3) is 0.360. The van der Waals surface area contributed by atoms with Gasteiger partial charge in [-0.1, -0.05) is 36.8 Å². The van der Waals surface area contributed by atoms with Gasteiger partial charge >= 0.3 is 6.01 Å². The van der Waals surface area contributed by atoms with Gasteiger partial charge in [0.25, 0.3) is 6.01 Å². The molecular weight excluding hydrogens is 462 g/mol. The van der Waals surface area contributed by atoms with Crippen LogP contribution in [-0.2, 0) is 19.5 Å². The molecule has 0 spiro atoms. The van der Waals surface area contributed by atoms with Crippen molar-refractivity contribution in [2.75, 3.05) is 12.3 Å². The zero-order chi connectivity index (χ0) is 23.8. The summed E-state index contributed by atoms with van der Waals surface area (Å²) < 4.78 is 7.35. The highest BCUT2D eigenvalue weighted by Crippen LogP contribution is 2.32. The first-order valence-electron chi connectivity index (χ1n) is 11.9. The number of nitrogens with zero attached hydrogens (tertiary/aromatic N) is 5. The molecule has 0 radical (unpaired) electrons. The monoisotopic (exact) mass is 489 g/mol. The van der Waals surface area contributed by atoms with Crippen LogP contribution in [0.3, 0.4) is 0 Å². The summed E-state index contributed by atoms with van der Waals surface area (Å²) in [5, 5.41) is 15.2. The maximum absolute atomic E-state index is 10.5. The number of anilines is 1. The van der Waals surface area contributed by atoms with E-state index in [-0.39, 0.29) is 17.8 Å². The Kier molecular flexibility index (Phi) is 5.83. The standard InChI is InChI=1S/C25H27N7O2S/c26-22-21-23-31-24(30-22)34-10-3-1-2-5-16-11-15(14-32(23)25(33)29-21)8-9-18(16)19-12-28-20(35-19)13-27-17-6-4-7-17/h1-2,8-9,11-12,17,27H,3-7,10,13-14H2,(H,29,33)(H2,26,30,31)/b2-1+. The van der Waals surface area contributed by atoms with Gasteiger partial charge in [0.1, 0.15) is 5.01 Å². The average molecular weight is 490 g/mol. The Labute approximate surface area is 206 Å². The predicted molar refractivity (Wildman–Crippen MR) is 135 cm³/mol. The van der Waals surface area contributed by atoms with Gasteiger partial charge in [0.05, 0.1) is 18.0 Å². The Hall–Kier alpha value is -3.50. The fourth-order valence-corrected chi connectivity index (χ4v) is 5.37. The molecule has 10 heteroatoms. The number of aromatic hydroxyl groups is 1. The van der Waals surface area contributed by atoms with Crippen LogP contribution in [0.1, 0.15) is 41.8 Å². The van der Waals surface area contributed by atoms with E-state index in [2.05, 4.69) is 55.6 Å². The number of nitrogens with one attached hydrogen (secondary N) is 1. The van der Waals surface area contributed by atoms with Crippen LogP contribution in [0.25, 0.3) is 21.6 Å². The summed E-state index contributed by atoms with van der Waals surface area (Å²) >= 11 is 1.74. The van der Waals surface area contributed by atoms with E-state index in [0.29, 0.717) is 30.4 Å². The SMILES string of the molecule is Nc1nc2nc3c1nc(O)n3Cc1ccc(-c3cnc(CNC4CCC4)s3)c(c1)C/C=C/CCO2. The zero-order valence-corrected chi connectivity index (χ0v) is 20.1. The third-order valence-corrected chi connectivity index (χ3v) is 7.61. The number of nitrogen functional groups attached to an aromatic ring is 1. The Morgan fingerprint density at radius 3 is 2.97 bits per heavy atom. The van der Waals surface area contributed by atoms with Crippen molar-refractivity contribution in [1.82, 2.24) is 29.8 Å². The van der Waals surface area contributed by atoms with Gasteiger partial charge in [0.15, 0.2) is 17.0 Å². The normalized spacial score (nSPS) is 17.1. The lowest BCUT2D eigenvalue weighted by molar-refractivity contribution is 0.300. The van der Waals surface area contributed by atoms with Gasteiger partial charge < -0.3 is 20.9 Å². The van der Waals surface area contributed by atoms with Gasteiger partial charge in [0.2, 0.25) is 0 Å². The molecule has 1 aromatic carbocycles. The Balaban J connectivity index is 1.35. The molecule has 4 heterocycles. The molecule has 1 aliphatic carbocycles. The molecule has 4 aromatic rings. The van der Waals surface area contributed by atoms with E-state index in [4.69, 9.17) is 10.5 Å². The second-order valence-corrected chi connectivity index (χ2v) is 10.1. The van der Waals surface area contributed by atoms with E-state index in [1.165, 1.54) is 30.4 Å². The number of nitrogens with two attached hydrogens (primary N) is 1. The molecule has 0 amide bonds. The lowest BCUT2D eigenvalue weighted by Crippen LogP contribution is -2.34. The molecule has 6 rings (SSSR count). The lowest BCUT2D eigenvalue weighted by Gasteiger charge is -2.25. The van der Waals surface area contributed by atoms with Crippen LogP contribution in [0, 0.1) is 0 Å². The van der Waals surface area contributed by atoms with Crippen LogP contribution in [0.4, 0.5) is 5.82 Å². The maximum Gasteiger partial charge on any atom is 0.320 e. The van der Waals surface area contributed by atoms with Crippen molar-refractivity contribution in [3.8, 4) is 22.5 Å². The van der Waals surface area contributed by atoms with Gasteiger partial charge in [0, 0.05) is 18.8 Å². The number of ether oxygens (including phenoxy) is 1. The van der Waals surface area contributed by atoms with Crippen molar-refractivity contribution in [3.63, 3.8) is 0 Å². The summed E-state index contributed by atoms with van der Waals surface area (Å²) in [6.07, 6.45) is 11.6. The molecule has 4 N–H and O–H groups in total. The summed E-state index contributed by atoms with van der Waals surface area (Å²) in [5.74, 6) is 0.186. The van der Waals surface area contributed by atoms with Crippen LogP contribution in [0.15, 0.2) is 36.5 Å². The van der Waals surface area contributed by atoms with E-state index < -0.39 is 0 Å². The molecule has 1 fully saturated rings. The van der Waals surface area contributed by atoms with E-state index in [9.17, 15) is 5.11 Å². The van der Waals surface area contributed by atoms with Crippen LogP contribution in [-0.4, -0.2) is 42.3 Å². The summed E-state index contributed by atoms with van der Waals surface area (Å²) in [5.41, 5.74) is 10.3. The first-order chi connectivity index (χ1) is 17.1. The molecule has 0 saturated heterocycles. The Morgan fingerprint density at radius 1 is 1.20 bits per heavy atom. The number of fused-ring (bicyclic) bond motifs is 3. The minimum atomic E-state index is -0.151. The van der Waals surface area contributed by atoms with Gasteiger partial charge in [-0.3, -0.25) is 4.57 Å². The molecule has 35 heavy (non-hydrogen) atoms. The number of rotatable bonds is 4. The van der Waals surface area contributed by atoms with Crippen LogP contribution >= 0.6 is 11.3 Å². The number of imidazole rings is 1. The van der Waals surface area contributed by atoms with Gasteiger partial charge in [-0.2, -0.15) is 15.0 Å². The summed E-state index contributed by atoms with van der Waals surface area (Å²) in [4.78, 5) is 18.6. The first kappa shape index (κ1) is 22.0. The first-order valence-corrected chi connectivity index (χ1v) is 12.8. The third-order valence-electron chi connectivity index (χ3n) is 6.58. The molecule has 9 nitrogen and oxygen atoms in total. The second kappa shape index (κ2) is 9.27. The average Bonchev–Trinajstić information content (AvgIpc) is 3.40. The molecule has 0 atom stereocenters. The van der Waals surface area contributed by atoms with Gasteiger partial charge in [-0.05, 0) is 42.4 Å². The lowest BCUT2D eigenvalue weighted by atomic mass is 9.93. The summed E-state index contributed by atoms with van der Waals surface area (Å²) in [7, 11) is 0. The largest absolute Gasteiger partial charge is 0.480 e. The Bertz CT molecular complexity index is 1410. The molecule has 3 aromatic heterocycles. The number of hydrogen-bond acceptors (Lipinski definition) is 9. The number of aromatic nitrogens is 5. The van der Waals surface area contributed by atoms with Crippen molar-refractivity contribution in [3.05, 3.63) is 52.7 Å². The smallest absolute Gasteiger partial charge is 0.320 e. The quantitative estimate of drug-likeness (QED) is 0.370. The van der Waals surface area contributed by atoms with Crippen molar-refractivity contribution in [2.45, 2.75) is 51.2 Å². The maximum atomic E-state index is 10.5. The van der Waals surface area contributed by atoms with Crippen LogP contribution < -0.4 is 15.8 Å². The van der Waals surface area contributed by atoms with E-state index in [0.717, 1.165) is 34.8 Å². The highest BCUT2D eigenvalue weighted by molar-refractivity contribution is 7.15.